The summed E-state index contributed by atoms with van der Waals surface area (Å²) in [5.74, 6) is 0. The van der Waals surface area contributed by atoms with Crippen LogP contribution < -0.4 is 5.32 Å². The molecule has 0 spiro atoms. The van der Waals surface area contributed by atoms with Crippen LogP contribution in [0.15, 0.2) is 24.1 Å². The molecule has 2 rings (SSSR count). The third kappa shape index (κ3) is 4.11. The van der Waals surface area contributed by atoms with Gasteiger partial charge in [0, 0.05) is 17.5 Å². The zero-order chi connectivity index (χ0) is 11.4. The standard InChI is InChI=1S/C11H16N4S.ClH/c1-9-3-4-16-11(9)5-13-10(2)6-15-8-12-7-14-15;/h3-4,7-8,10,13H,5-6H2,1-2H3;1H. The van der Waals surface area contributed by atoms with Gasteiger partial charge in [-0.1, -0.05) is 0 Å². The molecule has 0 aliphatic heterocycles. The summed E-state index contributed by atoms with van der Waals surface area (Å²) in [5, 5.41) is 9.71. The highest BCUT2D eigenvalue weighted by molar-refractivity contribution is 7.10. The van der Waals surface area contributed by atoms with Crippen molar-refractivity contribution in [2.24, 2.45) is 0 Å². The van der Waals surface area contributed by atoms with Crippen molar-refractivity contribution in [3.63, 3.8) is 0 Å². The Labute approximate surface area is 111 Å². The minimum atomic E-state index is 0. The highest BCUT2D eigenvalue weighted by Gasteiger charge is 2.05. The van der Waals surface area contributed by atoms with Gasteiger partial charge in [0.2, 0.25) is 0 Å². The van der Waals surface area contributed by atoms with Crippen molar-refractivity contribution in [1.29, 1.82) is 0 Å². The van der Waals surface area contributed by atoms with Gasteiger partial charge in [0.1, 0.15) is 12.7 Å². The Balaban J connectivity index is 0.00000144. The van der Waals surface area contributed by atoms with E-state index in [4.69, 9.17) is 0 Å². The number of aryl methyl sites for hydroxylation is 1. The van der Waals surface area contributed by atoms with Crippen molar-refractivity contribution in [2.75, 3.05) is 0 Å². The molecular weight excluding hydrogens is 256 g/mol. The molecule has 0 saturated heterocycles. The monoisotopic (exact) mass is 272 g/mol. The number of rotatable bonds is 5. The summed E-state index contributed by atoms with van der Waals surface area (Å²) in [6, 6.07) is 2.55. The predicted molar refractivity (Wildman–Crippen MR) is 72.6 cm³/mol. The Morgan fingerprint density at radius 1 is 1.53 bits per heavy atom. The molecule has 0 radical (unpaired) electrons. The van der Waals surface area contributed by atoms with Crippen LogP contribution in [0.5, 0.6) is 0 Å². The van der Waals surface area contributed by atoms with Crippen molar-refractivity contribution in [3.8, 4) is 0 Å². The van der Waals surface area contributed by atoms with Crippen molar-refractivity contribution in [1.82, 2.24) is 20.1 Å². The van der Waals surface area contributed by atoms with Gasteiger partial charge in [-0.25, -0.2) is 4.98 Å². The molecule has 4 nitrogen and oxygen atoms in total. The Morgan fingerprint density at radius 2 is 2.35 bits per heavy atom. The van der Waals surface area contributed by atoms with Crippen LogP contribution in [0, 0.1) is 6.92 Å². The van der Waals surface area contributed by atoms with Crippen LogP contribution >= 0.6 is 23.7 Å². The SMILES string of the molecule is Cc1ccsc1CNC(C)Cn1cncn1.Cl. The fraction of sp³-hybridized carbons (Fsp3) is 0.455. The highest BCUT2D eigenvalue weighted by Crippen LogP contribution is 2.14. The van der Waals surface area contributed by atoms with Gasteiger partial charge in [-0.2, -0.15) is 5.10 Å². The van der Waals surface area contributed by atoms with Crippen LogP contribution in [-0.4, -0.2) is 20.8 Å². The lowest BCUT2D eigenvalue weighted by Gasteiger charge is -2.13. The van der Waals surface area contributed by atoms with Crippen LogP contribution in [0.1, 0.15) is 17.4 Å². The van der Waals surface area contributed by atoms with E-state index in [9.17, 15) is 0 Å². The van der Waals surface area contributed by atoms with Gasteiger partial charge in [-0.15, -0.1) is 23.7 Å². The first-order valence-electron chi connectivity index (χ1n) is 5.34. The maximum atomic E-state index is 4.09. The van der Waals surface area contributed by atoms with E-state index in [2.05, 4.69) is 40.7 Å². The smallest absolute Gasteiger partial charge is 0.137 e. The van der Waals surface area contributed by atoms with Gasteiger partial charge < -0.3 is 5.32 Å². The topological polar surface area (TPSA) is 42.7 Å². The molecule has 0 aromatic carbocycles. The molecule has 17 heavy (non-hydrogen) atoms. The van der Waals surface area contributed by atoms with Gasteiger partial charge in [0.05, 0.1) is 6.54 Å². The molecule has 1 N–H and O–H groups in total. The fourth-order valence-corrected chi connectivity index (χ4v) is 2.38. The average Bonchev–Trinajstić information content (AvgIpc) is 2.87. The van der Waals surface area contributed by atoms with Crippen molar-refractivity contribution < 1.29 is 0 Å². The summed E-state index contributed by atoms with van der Waals surface area (Å²) >= 11 is 1.80. The lowest BCUT2D eigenvalue weighted by Crippen LogP contribution is -2.30. The Hall–Kier alpha value is -0.910. The van der Waals surface area contributed by atoms with E-state index in [1.807, 2.05) is 4.68 Å². The zero-order valence-corrected chi connectivity index (χ0v) is 11.6. The second-order valence-corrected chi connectivity index (χ2v) is 4.93. The maximum absolute atomic E-state index is 4.09. The van der Waals surface area contributed by atoms with E-state index < -0.39 is 0 Å². The zero-order valence-electron chi connectivity index (χ0n) is 9.96. The molecule has 1 unspecified atom stereocenters. The van der Waals surface area contributed by atoms with Crippen molar-refractivity contribution in [2.45, 2.75) is 33.0 Å². The first-order chi connectivity index (χ1) is 7.75. The molecule has 6 heteroatoms. The minimum Gasteiger partial charge on any atom is -0.308 e. The Kier molecular flexibility index (Phi) is 5.61. The van der Waals surface area contributed by atoms with Crippen LogP contribution in [-0.2, 0) is 13.1 Å². The molecule has 0 saturated carbocycles. The van der Waals surface area contributed by atoms with E-state index in [0.29, 0.717) is 6.04 Å². The third-order valence-corrected chi connectivity index (χ3v) is 3.53. The van der Waals surface area contributed by atoms with Gasteiger partial charge >= 0.3 is 0 Å². The molecule has 0 amide bonds. The second kappa shape index (κ2) is 6.74. The first kappa shape index (κ1) is 14.2. The molecule has 0 bridgehead atoms. The molecule has 0 aliphatic rings. The minimum absolute atomic E-state index is 0. The number of thiophene rings is 1. The molecule has 2 aromatic heterocycles. The largest absolute Gasteiger partial charge is 0.308 e. The van der Waals surface area contributed by atoms with Crippen LogP contribution in [0.2, 0.25) is 0 Å². The molecule has 1 atom stereocenters. The average molecular weight is 273 g/mol. The number of hydrogen-bond acceptors (Lipinski definition) is 4. The number of nitrogens with one attached hydrogen (secondary N) is 1. The third-order valence-electron chi connectivity index (χ3n) is 2.51. The van der Waals surface area contributed by atoms with E-state index in [1.54, 1.807) is 24.0 Å². The Bertz CT molecular complexity index is 426. The second-order valence-electron chi connectivity index (χ2n) is 3.93. The molecule has 2 heterocycles. The fourth-order valence-electron chi connectivity index (χ4n) is 1.52. The van der Waals surface area contributed by atoms with Gasteiger partial charge in [0.15, 0.2) is 0 Å². The Morgan fingerprint density at radius 3 is 2.94 bits per heavy atom. The van der Waals surface area contributed by atoms with Crippen LogP contribution in [0.3, 0.4) is 0 Å². The summed E-state index contributed by atoms with van der Waals surface area (Å²) < 4.78 is 1.85. The lowest BCUT2D eigenvalue weighted by atomic mass is 10.2. The highest BCUT2D eigenvalue weighted by atomic mass is 35.5. The first-order valence-corrected chi connectivity index (χ1v) is 6.22. The summed E-state index contributed by atoms with van der Waals surface area (Å²) in [7, 11) is 0. The molecule has 0 aliphatic carbocycles. The van der Waals surface area contributed by atoms with E-state index in [-0.39, 0.29) is 12.4 Å². The number of aromatic nitrogens is 3. The number of nitrogens with zero attached hydrogens (tertiary/aromatic N) is 3. The number of hydrogen-bond donors (Lipinski definition) is 1. The predicted octanol–water partition coefficient (Wildman–Crippen LogP) is 2.25. The van der Waals surface area contributed by atoms with E-state index >= 15 is 0 Å². The normalized spacial score (nSPS) is 12.1. The van der Waals surface area contributed by atoms with Crippen LogP contribution in [0.4, 0.5) is 0 Å². The lowest BCUT2D eigenvalue weighted by molar-refractivity contribution is 0.451. The quantitative estimate of drug-likeness (QED) is 0.908. The van der Waals surface area contributed by atoms with Crippen molar-refractivity contribution >= 4 is 23.7 Å². The summed E-state index contributed by atoms with van der Waals surface area (Å²) in [6.45, 7) is 6.09. The van der Waals surface area contributed by atoms with Crippen LogP contribution in [0.25, 0.3) is 0 Å². The summed E-state index contributed by atoms with van der Waals surface area (Å²) in [6.07, 6.45) is 3.31. The molecular formula is C11H17ClN4S. The van der Waals surface area contributed by atoms with Gasteiger partial charge in [-0.05, 0) is 30.9 Å². The van der Waals surface area contributed by atoms with Gasteiger partial charge in [-0.3, -0.25) is 4.68 Å². The maximum Gasteiger partial charge on any atom is 0.137 e. The molecule has 94 valence electrons. The van der Waals surface area contributed by atoms with E-state index in [0.717, 1.165) is 13.1 Å². The van der Waals surface area contributed by atoms with E-state index in [1.165, 1.54) is 10.4 Å². The molecule has 2 aromatic rings. The van der Waals surface area contributed by atoms with Gasteiger partial charge in [0.25, 0.3) is 0 Å². The van der Waals surface area contributed by atoms with Crippen molar-refractivity contribution in [3.05, 3.63) is 34.5 Å². The summed E-state index contributed by atoms with van der Waals surface area (Å²) in [5.41, 5.74) is 1.37. The molecule has 0 fully saturated rings. The number of halogens is 1. The summed E-state index contributed by atoms with van der Waals surface area (Å²) in [4.78, 5) is 5.33.